The lowest BCUT2D eigenvalue weighted by atomic mass is 10.1. The Balaban J connectivity index is 1.82. The van der Waals surface area contributed by atoms with E-state index in [1.165, 1.54) is 11.4 Å². The van der Waals surface area contributed by atoms with Gasteiger partial charge in [-0.05, 0) is 36.8 Å². The lowest BCUT2D eigenvalue weighted by Crippen LogP contribution is -2.48. The van der Waals surface area contributed by atoms with E-state index in [0.29, 0.717) is 37.5 Å². The number of nitriles is 1. The third-order valence-corrected chi connectivity index (χ3v) is 6.46. The molecule has 0 spiro atoms. The van der Waals surface area contributed by atoms with Crippen LogP contribution in [0.15, 0.2) is 47.4 Å². The van der Waals surface area contributed by atoms with Gasteiger partial charge in [-0.2, -0.15) is 9.57 Å². The van der Waals surface area contributed by atoms with E-state index < -0.39 is 10.0 Å². The van der Waals surface area contributed by atoms with Crippen molar-refractivity contribution in [2.75, 3.05) is 38.2 Å². The molecule has 0 aliphatic carbocycles. The van der Waals surface area contributed by atoms with E-state index >= 15 is 0 Å². The summed E-state index contributed by atoms with van der Waals surface area (Å²) in [6.07, 6.45) is 0. The van der Waals surface area contributed by atoms with E-state index in [0.717, 1.165) is 11.3 Å². The van der Waals surface area contributed by atoms with Gasteiger partial charge in [0, 0.05) is 26.2 Å². The number of methoxy groups -OCH3 is 1. The normalized spacial score (nSPS) is 15.5. The van der Waals surface area contributed by atoms with Crippen molar-refractivity contribution in [1.29, 1.82) is 5.26 Å². The second-order valence-corrected chi connectivity index (χ2v) is 8.08. The zero-order valence-electron chi connectivity index (χ0n) is 14.8. The van der Waals surface area contributed by atoms with E-state index in [4.69, 9.17) is 4.74 Å². The highest BCUT2D eigenvalue weighted by Gasteiger charge is 2.31. The number of benzene rings is 2. The Labute approximate surface area is 154 Å². The molecule has 136 valence electrons. The number of rotatable bonds is 4. The first-order chi connectivity index (χ1) is 12.5. The van der Waals surface area contributed by atoms with Gasteiger partial charge < -0.3 is 9.64 Å². The molecule has 0 bridgehead atoms. The summed E-state index contributed by atoms with van der Waals surface area (Å²) < 4.78 is 32.8. The quantitative estimate of drug-likeness (QED) is 0.825. The minimum atomic E-state index is -3.63. The zero-order chi connectivity index (χ0) is 18.7. The SMILES string of the molecule is COc1ccc(C)cc1S(=O)(=O)N1CCN(c2ccccc2C#N)CC1. The van der Waals surface area contributed by atoms with Gasteiger partial charge in [-0.25, -0.2) is 8.42 Å². The van der Waals surface area contributed by atoms with Crippen LogP contribution in [0.5, 0.6) is 5.75 Å². The molecule has 1 saturated heterocycles. The minimum absolute atomic E-state index is 0.200. The summed E-state index contributed by atoms with van der Waals surface area (Å²) in [5, 5.41) is 9.27. The van der Waals surface area contributed by atoms with Crippen LogP contribution in [0.2, 0.25) is 0 Å². The molecule has 1 aliphatic rings. The van der Waals surface area contributed by atoms with Gasteiger partial charge in [0.2, 0.25) is 10.0 Å². The number of nitrogens with zero attached hydrogens (tertiary/aromatic N) is 3. The zero-order valence-corrected chi connectivity index (χ0v) is 15.7. The van der Waals surface area contributed by atoms with Gasteiger partial charge in [-0.1, -0.05) is 18.2 Å². The molecule has 26 heavy (non-hydrogen) atoms. The molecule has 6 nitrogen and oxygen atoms in total. The van der Waals surface area contributed by atoms with Gasteiger partial charge in [0.1, 0.15) is 16.7 Å². The Morgan fingerprint density at radius 3 is 2.42 bits per heavy atom. The lowest BCUT2D eigenvalue weighted by Gasteiger charge is -2.35. The highest BCUT2D eigenvalue weighted by Crippen LogP contribution is 2.29. The smallest absolute Gasteiger partial charge is 0.246 e. The molecule has 1 heterocycles. The number of para-hydroxylation sites is 1. The molecule has 0 saturated carbocycles. The molecule has 7 heteroatoms. The van der Waals surface area contributed by atoms with Crippen LogP contribution in [0.1, 0.15) is 11.1 Å². The highest BCUT2D eigenvalue weighted by molar-refractivity contribution is 7.89. The van der Waals surface area contributed by atoms with Crippen molar-refractivity contribution < 1.29 is 13.2 Å². The first kappa shape index (κ1) is 18.2. The van der Waals surface area contributed by atoms with Crippen LogP contribution in [0.4, 0.5) is 5.69 Å². The maximum Gasteiger partial charge on any atom is 0.246 e. The van der Waals surface area contributed by atoms with Crippen LogP contribution in [0, 0.1) is 18.3 Å². The van der Waals surface area contributed by atoms with Gasteiger partial charge in [0.05, 0.1) is 18.4 Å². The molecule has 1 aliphatic heterocycles. The van der Waals surface area contributed by atoms with Crippen molar-refractivity contribution in [3.05, 3.63) is 53.6 Å². The van der Waals surface area contributed by atoms with Gasteiger partial charge in [-0.3, -0.25) is 0 Å². The average Bonchev–Trinajstić information content (AvgIpc) is 2.68. The summed E-state index contributed by atoms with van der Waals surface area (Å²) in [5.41, 5.74) is 2.32. The Morgan fingerprint density at radius 2 is 1.77 bits per heavy atom. The minimum Gasteiger partial charge on any atom is -0.495 e. The standard InChI is InChI=1S/C19H21N3O3S/c1-15-7-8-18(25-2)19(13-15)26(23,24)22-11-9-21(10-12-22)17-6-4-3-5-16(17)14-20/h3-8,13H,9-12H2,1-2H3. The Kier molecular flexibility index (Phi) is 5.16. The topological polar surface area (TPSA) is 73.6 Å². The maximum atomic E-state index is 13.1. The fourth-order valence-electron chi connectivity index (χ4n) is 3.14. The van der Waals surface area contributed by atoms with Crippen molar-refractivity contribution in [3.8, 4) is 11.8 Å². The number of ether oxygens (including phenoxy) is 1. The van der Waals surface area contributed by atoms with Crippen molar-refractivity contribution in [3.63, 3.8) is 0 Å². The number of hydrogen-bond donors (Lipinski definition) is 0. The molecule has 0 unspecified atom stereocenters. The molecular formula is C19H21N3O3S. The van der Waals surface area contributed by atoms with E-state index in [1.807, 2.05) is 31.2 Å². The number of hydrogen-bond acceptors (Lipinski definition) is 5. The van der Waals surface area contributed by atoms with Crippen LogP contribution in [0.3, 0.4) is 0 Å². The molecule has 1 fully saturated rings. The predicted molar refractivity (Wildman–Crippen MR) is 99.9 cm³/mol. The lowest BCUT2D eigenvalue weighted by molar-refractivity contribution is 0.374. The van der Waals surface area contributed by atoms with Crippen molar-refractivity contribution in [2.45, 2.75) is 11.8 Å². The number of anilines is 1. The largest absolute Gasteiger partial charge is 0.495 e. The van der Waals surface area contributed by atoms with Gasteiger partial charge in [0.25, 0.3) is 0 Å². The third-order valence-electron chi connectivity index (χ3n) is 4.54. The van der Waals surface area contributed by atoms with E-state index in [9.17, 15) is 13.7 Å². The molecule has 0 N–H and O–H groups in total. The van der Waals surface area contributed by atoms with Crippen molar-refractivity contribution in [1.82, 2.24) is 4.31 Å². The summed E-state index contributed by atoms with van der Waals surface area (Å²) in [5.74, 6) is 0.354. The van der Waals surface area contributed by atoms with Gasteiger partial charge in [0.15, 0.2) is 0 Å². The van der Waals surface area contributed by atoms with Crippen LogP contribution >= 0.6 is 0 Å². The molecule has 0 aromatic heterocycles. The average molecular weight is 371 g/mol. The first-order valence-electron chi connectivity index (χ1n) is 8.36. The van der Waals surface area contributed by atoms with E-state index in [-0.39, 0.29) is 4.90 Å². The van der Waals surface area contributed by atoms with Gasteiger partial charge >= 0.3 is 0 Å². The molecule has 3 rings (SSSR count). The van der Waals surface area contributed by atoms with Crippen LogP contribution < -0.4 is 9.64 Å². The van der Waals surface area contributed by atoms with E-state index in [1.54, 1.807) is 18.2 Å². The number of piperazine rings is 1. The Hall–Kier alpha value is -2.56. The summed E-state index contributed by atoms with van der Waals surface area (Å²) in [7, 11) is -2.16. The number of sulfonamides is 1. The maximum absolute atomic E-state index is 13.1. The molecular weight excluding hydrogens is 350 g/mol. The fourth-order valence-corrected chi connectivity index (χ4v) is 4.80. The van der Waals surface area contributed by atoms with E-state index in [2.05, 4.69) is 11.0 Å². The molecule has 0 radical (unpaired) electrons. The first-order valence-corrected chi connectivity index (χ1v) is 9.80. The Morgan fingerprint density at radius 1 is 1.08 bits per heavy atom. The van der Waals surface area contributed by atoms with Crippen LogP contribution in [-0.4, -0.2) is 46.0 Å². The summed E-state index contributed by atoms with van der Waals surface area (Å²) in [4.78, 5) is 2.25. The summed E-state index contributed by atoms with van der Waals surface area (Å²) in [6.45, 7) is 3.64. The Bertz CT molecular complexity index is 943. The monoisotopic (exact) mass is 371 g/mol. The molecule has 2 aromatic carbocycles. The second-order valence-electron chi connectivity index (χ2n) is 6.17. The highest BCUT2D eigenvalue weighted by atomic mass is 32.2. The van der Waals surface area contributed by atoms with Crippen LogP contribution in [-0.2, 0) is 10.0 Å². The van der Waals surface area contributed by atoms with Crippen molar-refractivity contribution >= 4 is 15.7 Å². The summed E-state index contributed by atoms with van der Waals surface area (Å²) in [6, 6.07) is 14.7. The van der Waals surface area contributed by atoms with Gasteiger partial charge in [-0.15, -0.1) is 0 Å². The molecule has 2 aromatic rings. The third kappa shape index (κ3) is 3.39. The summed E-state index contributed by atoms with van der Waals surface area (Å²) >= 11 is 0. The molecule has 0 amide bonds. The fraction of sp³-hybridized carbons (Fsp3) is 0.316. The van der Waals surface area contributed by atoms with Crippen LogP contribution in [0.25, 0.3) is 0 Å². The van der Waals surface area contributed by atoms with Crippen molar-refractivity contribution in [2.24, 2.45) is 0 Å². The molecule has 0 atom stereocenters. The predicted octanol–water partition coefficient (Wildman–Crippen LogP) is 2.39. The second kappa shape index (κ2) is 7.36. The number of aryl methyl sites for hydroxylation is 1.